The molecule has 172 valence electrons. The molecule has 1 N–H and O–H groups in total. The van der Waals surface area contributed by atoms with Gasteiger partial charge >= 0.3 is 6.03 Å². The highest BCUT2D eigenvalue weighted by Gasteiger charge is 2.33. The van der Waals surface area contributed by atoms with E-state index in [-0.39, 0.29) is 12.1 Å². The second-order valence-electron chi connectivity index (χ2n) is 8.01. The number of fused-ring (bicyclic) bond motifs is 3. The van der Waals surface area contributed by atoms with Crippen molar-refractivity contribution in [2.75, 3.05) is 19.5 Å². The zero-order valence-corrected chi connectivity index (χ0v) is 19.6. The van der Waals surface area contributed by atoms with E-state index in [1.165, 1.54) is 0 Å². The third-order valence-corrected chi connectivity index (χ3v) is 6.27. The van der Waals surface area contributed by atoms with Crippen LogP contribution < -0.4 is 14.8 Å². The summed E-state index contributed by atoms with van der Waals surface area (Å²) in [4.78, 5) is 15.7. The summed E-state index contributed by atoms with van der Waals surface area (Å²) in [5.74, 6) is 1.17. The highest BCUT2D eigenvalue weighted by molar-refractivity contribution is 6.30. The number of para-hydroxylation sites is 1. The number of carbonyl (C=O) groups is 1. The van der Waals surface area contributed by atoms with Crippen LogP contribution in [0.1, 0.15) is 22.9 Å². The van der Waals surface area contributed by atoms with Gasteiger partial charge in [-0.1, -0.05) is 41.9 Å². The van der Waals surface area contributed by atoms with Crippen molar-refractivity contribution in [3.8, 4) is 17.2 Å². The maximum atomic E-state index is 13.9. The van der Waals surface area contributed by atoms with Crippen molar-refractivity contribution < 1.29 is 14.3 Å². The molecule has 0 spiro atoms. The Morgan fingerprint density at radius 3 is 2.62 bits per heavy atom. The average molecular weight is 474 g/mol. The zero-order chi connectivity index (χ0) is 23.7. The first-order valence-electron chi connectivity index (χ1n) is 10.9. The molecule has 0 bridgehead atoms. The van der Waals surface area contributed by atoms with Crippen LogP contribution in [0.15, 0.2) is 85.1 Å². The van der Waals surface area contributed by atoms with E-state index >= 15 is 0 Å². The summed E-state index contributed by atoms with van der Waals surface area (Å²) in [6.45, 7) is 0.410. The van der Waals surface area contributed by atoms with E-state index in [0.717, 1.165) is 22.5 Å². The molecule has 7 heteroatoms. The number of hydrogen-bond donors (Lipinski definition) is 1. The molecule has 1 aliphatic heterocycles. The number of benzene rings is 3. The Morgan fingerprint density at radius 2 is 1.82 bits per heavy atom. The van der Waals surface area contributed by atoms with Gasteiger partial charge in [-0.25, -0.2) is 4.79 Å². The van der Waals surface area contributed by atoms with E-state index in [9.17, 15) is 4.79 Å². The van der Waals surface area contributed by atoms with Gasteiger partial charge in [-0.15, -0.1) is 0 Å². The molecule has 0 aliphatic carbocycles. The summed E-state index contributed by atoms with van der Waals surface area (Å²) in [5, 5.41) is 3.66. The van der Waals surface area contributed by atoms with Crippen LogP contribution in [-0.4, -0.2) is 29.7 Å². The second-order valence-corrected chi connectivity index (χ2v) is 8.45. The van der Waals surface area contributed by atoms with Crippen LogP contribution in [0.25, 0.3) is 5.69 Å². The normalized spacial score (nSPS) is 14.6. The highest BCUT2D eigenvalue weighted by atomic mass is 35.5. The van der Waals surface area contributed by atoms with Crippen LogP contribution in [0.3, 0.4) is 0 Å². The maximum absolute atomic E-state index is 13.9. The molecule has 0 saturated carbocycles. The van der Waals surface area contributed by atoms with Gasteiger partial charge in [0.15, 0.2) is 0 Å². The molecule has 0 saturated heterocycles. The van der Waals surface area contributed by atoms with Crippen LogP contribution in [0.2, 0.25) is 5.02 Å². The summed E-state index contributed by atoms with van der Waals surface area (Å²) in [6.07, 6.45) is 2.03. The fourth-order valence-corrected chi connectivity index (χ4v) is 4.66. The van der Waals surface area contributed by atoms with Crippen LogP contribution in [-0.2, 0) is 6.54 Å². The number of urea groups is 1. The van der Waals surface area contributed by atoms with Gasteiger partial charge in [0.1, 0.15) is 11.5 Å². The summed E-state index contributed by atoms with van der Waals surface area (Å²) in [5.41, 5.74) is 4.51. The molecule has 0 fully saturated rings. The van der Waals surface area contributed by atoms with Gasteiger partial charge < -0.3 is 24.3 Å². The van der Waals surface area contributed by atoms with E-state index < -0.39 is 0 Å². The Labute approximate surface area is 203 Å². The lowest BCUT2D eigenvalue weighted by Crippen LogP contribution is -2.38. The summed E-state index contributed by atoms with van der Waals surface area (Å²) in [6, 6.07) is 24.5. The van der Waals surface area contributed by atoms with Crippen molar-refractivity contribution in [2.24, 2.45) is 0 Å². The summed E-state index contributed by atoms with van der Waals surface area (Å²) >= 11 is 6.37. The molecule has 1 aromatic heterocycles. The molecule has 6 nitrogen and oxygen atoms in total. The van der Waals surface area contributed by atoms with Crippen molar-refractivity contribution in [1.29, 1.82) is 0 Å². The molecule has 5 rings (SSSR count). The molecule has 4 aromatic rings. The fourth-order valence-electron chi connectivity index (χ4n) is 4.47. The monoisotopic (exact) mass is 473 g/mol. The molecule has 0 radical (unpaired) electrons. The molecule has 3 aromatic carbocycles. The first-order valence-corrected chi connectivity index (χ1v) is 11.3. The van der Waals surface area contributed by atoms with E-state index in [2.05, 4.69) is 16.0 Å². The minimum Gasteiger partial charge on any atom is -0.497 e. The van der Waals surface area contributed by atoms with E-state index in [0.29, 0.717) is 28.8 Å². The number of aromatic nitrogens is 1. The molecule has 2 amide bonds. The van der Waals surface area contributed by atoms with E-state index in [4.69, 9.17) is 21.1 Å². The topological polar surface area (TPSA) is 55.7 Å². The number of amides is 2. The van der Waals surface area contributed by atoms with Crippen LogP contribution in [0, 0.1) is 0 Å². The Balaban J connectivity index is 1.63. The fraction of sp³-hybridized carbons (Fsp3) is 0.148. The van der Waals surface area contributed by atoms with Gasteiger partial charge in [-0.3, -0.25) is 0 Å². The molecular weight excluding hydrogens is 450 g/mol. The molecule has 1 aliphatic rings. The minimum atomic E-state index is -0.363. The van der Waals surface area contributed by atoms with Gasteiger partial charge in [0.2, 0.25) is 0 Å². The third-order valence-electron chi connectivity index (χ3n) is 6.04. The van der Waals surface area contributed by atoms with Gasteiger partial charge in [-0.05, 0) is 53.6 Å². The van der Waals surface area contributed by atoms with Crippen molar-refractivity contribution in [1.82, 2.24) is 9.47 Å². The summed E-state index contributed by atoms with van der Waals surface area (Å²) < 4.78 is 13.0. The van der Waals surface area contributed by atoms with Crippen LogP contribution in [0.4, 0.5) is 10.5 Å². The number of nitrogens with one attached hydrogen (secondary N) is 1. The number of halogens is 1. The lowest BCUT2D eigenvalue weighted by molar-refractivity contribution is 0.194. The molecule has 34 heavy (non-hydrogen) atoms. The lowest BCUT2D eigenvalue weighted by Gasteiger charge is -2.31. The van der Waals surface area contributed by atoms with E-state index in [1.807, 2.05) is 65.7 Å². The van der Waals surface area contributed by atoms with Crippen molar-refractivity contribution in [2.45, 2.75) is 12.6 Å². The molecule has 2 heterocycles. The highest BCUT2D eigenvalue weighted by Crippen LogP contribution is 2.38. The summed E-state index contributed by atoms with van der Waals surface area (Å²) in [7, 11) is 3.16. The quantitative estimate of drug-likeness (QED) is 0.379. The SMILES string of the molecule is COc1ccc(OC)c(NC(=O)N2Cc3ccccc3-n3cccc3[C@H]2c2cccc(Cl)c2)c1. The maximum Gasteiger partial charge on any atom is 0.323 e. The van der Waals surface area contributed by atoms with Gasteiger partial charge in [0, 0.05) is 23.0 Å². The Hall–Kier alpha value is -3.90. The lowest BCUT2D eigenvalue weighted by atomic mass is 10.0. The van der Waals surface area contributed by atoms with Crippen molar-refractivity contribution >= 4 is 23.3 Å². The second kappa shape index (κ2) is 9.15. The average Bonchev–Trinajstić information content (AvgIpc) is 3.28. The zero-order valence-electron chi connectivity index (χ0n) is 18.9. The molecule has 0 unspecified atom stereocenters. The molecule has 1 atom stereocenters. The van der Waals surface area contributed by atoms with Gasteiger partial charge in [-0.2, -0.15) is 0 Å². The Kier molecular flexibility index (Phi) is 5.90. The van der Waals surface area contributed by atoms with Gasteiger partial charge in [0.05, 0.1) is 38.2 Å². The predicted molar refractivity (Wildman–Crippen MR) is 133 cm³/mol. The number of ether oxygens (including phenoxy) is 2. The predicted octanol–water partition coefficient (Wildman–Crippen LogP) is 6.29. The third kappa shape index (κ3) is 3.97. The Morgan fingerprint density at radius 1 is 0.971 bits per heavy atom. The largest absolute Gasteiger partial charge is 0.497 e. The first-order chi connectivity index (χ1) is 16.6. The van der Waals surface area contributed by atoms with Crippen molar-refractivity contribution in [3.63, 3.8) is 0 Å². The number of rotatable bonds is 4. The minimum absolute atomic E-state index is 0.263. The van der Waals surface area contributed by atoms with Crippen LogP contribution in [0.5, 0.6) is 11.5 Å². The number of hydrogen-bond acceptors (Lipinski definition) is 3. The van der Waals surface area contributed by atoms with Crippen LogP contribution >= 0.6 is 11.6 Å². The number of nitrogens with zero attached hydrogens (tertiary/aromatic N) is 2. The van der Waals surface area contributed by atoms with Crippen molar-refractivity contribution in [3.05, 3.63) is 107 Å². The molecular formula is C27H24ClN3O3. The smallest absolute Gasteiger partial charge is 0.323 e. The van der Waals surface area contributed by atoms with E-state index in [1.54, 1.807) is 32.4 Å². The first kappa shape index (κ1) is 21.9. The Bertz CT molecular complexity index is 1350. The number of carbonyl (C=O) groups excluding carboxylic acids is 1. The number of anilines is 1. The number of methoxy groups -OCH3 is 2. The standard InChI is InChI=1S/C27H24ClN3O3/c1-33-21-12-13-25(34-2)22(16-21)29-27(32)31-17-19-7-3-4-10-23(19)30-14-6-11-24(30)26(31)18-8-5-9-20(28)15-18/h3-16,26H,17H2,1-2H3,(H,29,32)/t26-/m1/s1. The van der Waals surface area contributed by atoms with Gasteiger partial charge in [0.25, 0.3) is 0 Å².